The van der Waals surface area contributed by atoms with Gasteiger partial charge in [-0.05, 0) is 77.0 Å². The second-order valence-electron chi connectivity index (χ2n) is 12.9. The summed E-state index contributed by atoms with van der Waals surface area (Å²) >= 11 is 0. The van der Waals surface area contributed by atoms with Crippen molar-refractivity contribution in [2.24, 2.45) is 17.8 Å². The van der Waals surface area contributed by atoms with E-state index in [0.29, 0.717) is 23.3 Å². The van der Waals surface area contributed by atoms with Gasteiger partial charge in [0.1, 0.15) is 5.52 Å². The predicted octanol–water partition coefficient (Wildman–Crippen LogP) is 4.99. The molecule has 11 heteroatoms. The fourth-order valence-electron chi connectivity index (χ4n) is 6.86. The van der Waals surface area contributed by atoms with Crippen LogP contribution in [0.15, 0.2) is 9.32 Å². The van der Waals surface area contributed by atoms with Crippen LogP contribution >= 0.6 is 0 Å². The van der Waals surface area contributed by atoms with Crippen molar-refractivity contribution in [2.45, 2.75) is 110 Å². The maximum atomic E-state index is 11.8. The highest BCUT2D eigenvalue weighted by atomic mass is 16.5. The second-order valence-corrected chi connectivity index (χ2v) is 12.9. The highest BCUT2D eigenvalue weighted by Crippen LogP contribution is 2.39. The molecule has 3 fully saturated rings. The topological polar surface area (TPSA) is 127 Å². The van der Waals surface area contributed by atoms with Crippen molar-refractivity contribution < 1.29 is 9.26 Å². The largest absolute Gasteiger partial charge is 0.439 e. The molecule has 0 amide bonds. The summed E-state index contributed by atoms with van der Waals surface area (Å²) in [6.07, 6.45) is 10.8. The molecule has 6 rings (SSSR count). The monoisotopic (exact) mass is 552 g/mol. The van der Waals surface area contributed by atoms with Gasteiger partial charge in [-0.3, -0.25) is 9.51 Å². The van der Waals surface area contributed by atoms with Gasteiger partial charge in [0, 0.05) is 26.2 Å². The van der Waals surface area contributed by atoms with Gasteiger partial charge in [-0.1, -0.05) is 31.3 Å². The van der Waals surface area contributed by atoms with Crippen molar-refractivity contribution in [1.82, 2.24) is 29.7 Å². The van der Waals surface area contributed by atoms with Crippen molar-refractivity contribution in [3.05, 3.63) is 10.6 Å². The van der Waals surface area contributed by atoms with Gasteiger partial charge in [-0.15, -0.1) is 0 Å². The van der Waals surface area contributed by atoms with Crippen LogP contribution in [0.25, 0.3) is 22.8 Å². The molecule has 1 aliphatic heterocycles. The molecule has 1 unspecified atom stereocenters. The third-order valence-corrected chi connectivity index (χ3v) is 9.87. The lowest BCUT2D eigenvalue weighted by molar-refractivity contribution is 0.00151. The molecule has 3 aliphatic rings. The van der Waals surface area contributed by atoms with Crippen molar-refractivity contribution in [1.29, 1.82) is 0 Å². The highest BCUT2D eigenvalue weighted by Gasteiger charge is 2.40. The number of fused-ring (bicyclic) bond motifs is 1. The van der Waals surface area contributed by atoms with Crippen molar-refractivity contribution in [3.8, 4) is 11.6 Å². The van der Waals surface area contributed by atoms with E-state index in [9.17, 15) is 4.79 Å². The summed E-state index contributed by atoms with van der Waals surface area (Å²) < 4.78 is 13.1. The Balaban J connectivity index is 1.50. The van der Waals surface area contributed by atoms with Crippen LogP contribution in [0.2, 0.25) is 0 Å². The molecule has 1 saturated heterocycles. The Hall–Kier alpha value is -2.95. The van der Waals surface area contributed by atoms with Crippen LogP contribution in [-0.2, 0) is 11.3 Å². The van der Waals surface area contributed by atoms with E-state index in [-0.39, 0.29) is 23.5 Å². The number of hydrogen-bond donors (Lipinski definition) is 2. The summed E-state index contributed by atoms with van der Waals surface area (Å²) in [4.78, 5) is 31.8. The van der Waals surface area contributed by atoms with Gasteiger partial charge in [0.25, 0.3) is 0 Å². The molecule has 0 spiro atoms. The predicted molar refractivity (Wildman–Crippen MR) is 154 cm³/mol. The zero-order valence-electron chi connectivity index (χ0n) is 24.6. The molecular weight excluding hydrogens is 508 g/mol. The molecular formula is C29H44N8O3. The smallest absolute Gasteiger partial charge is 0.377 e. The number of hydrogen-bond acceptors (Lipinski definition) is 9. The van der Waals surface area contributed by atoms with E-state index in [1.54, 1.807) is 7.11 Å². The fraction of sp³-hybridized carbons (Fsp3) is 0.759. The number of ether oxygens (including phenoxy) is 1. The number of imidazole rings is 1. The summed E-state index contributed by atoms with van der Waals surface area (Å²) in [6, 6.07) is 0.453. The van der Waals surface area contributed by atoms with Gasteiger partial charge in [0.2, 0.25) is 17.6 Å². The SMILES string of the molecule is COC(C)(C)C1CCCN1c1nc2nc(-c3noc(=O)[nH]3)nc(N[C@H](C)C3CCC3)c2n1C[C@H]1CC[C@H](C)CC1. The minimum atomic E-state index is -0.629. The van der Waals surface area contributed by atoms with Gasteiger partial charge in [-0.2, -0.15) is 4.98 Å². The molecule has 40 heavy (non-hydrogen) atoms. The molecule has 2 aliphatic carbocycles. The Morgan fingerprint density at radius 2 is 1.88 bits per heavy atom. The third kappa shape index (κ3) is 5.12. The second kappa shape index (κ2) is 10.8. The van der Waals surface area contributed by atoms with E-state index < -0.39 is 5.76 Å². The highest BCUT2D eigenvalue weighted by molar-refractivity contribution is 5.87. The first-order valence-corrected chi connectivity index (χ1v) is 15.2. The average Bonchev–Trinajstić information content (AvgIpc) is 3.63. The Kier molecular flexibility index (Phi) is 7.35. The van der Waals surface area contributed by atoms with E-state index in [0.717, 1.165) is 49.1 Å². The molecule has 2 N–H and O–H groups in total. The van der Waals surface area contributed by atoms with Crippen LogP contribution < -0.4 is 16.0 Å². The van der Waals surface area contributed by atoms with Crippen LogP contribution in [0.1, 0.15) is 85.5 Å². The summed E-state index contributed by atoms with van der Waals surface area (Å²) in [5, 5.41) is 7.62. The van der Waals surface area contributed by atoms with Gasteiger partial charge >= 0.3 is 5.76 Å². The lowest BCUT2D eigenvalue weighted by Crippen LogP contribution is -2.48. The first-order valence-electron chi connectivity index (χ1n) is 15.2. The Bertz CT molecular complexity index is 1380. The first kappa shape index (κ1) is 27.2. The molecule has 4 heterocycles. The van der Waals surface area contributed by atoms with E-state index in [4.69, 9.17) is 24.2 Å². The zero-order valence-corrected chi connectivity index (χ0v) is 24.6. The minimum absolute atomic E-state index is 0.198. The lowest BCUT2D eigenvalue weighted by Gasteiger charge is -2.38. The first-order chi connectivity index (χ1) is 19.2. The van der Waals surface area contributed by atoms with Gasteiger partial charge in [0.15, 0.2) is 11.5 Å². The van der Waals surface area contributed by atoms with Crippen molar-refractivity contribution in [2.75, 3.05) is 23.9 Å². The summed E-state index contributed by atoms with van der Waals surface area (Å²) in [6.45, 7) is 10.7. The average molecular weight is 553 g/mol. The summed E-state index contributed by atoms with van der Waals surface area (Å²) in [5.74, 6) is 3.54. The minimum Gasteiger partial charge on any atom is -0.377 e. The molecule has 3 aromatic rings. The molecule has 2 saturated carbocycles. The van der Waals surface area contributed by atoms with Crippen LogP contribution in [0.5, 0.6) is 0 Å². The maximum absolute atomic E-state index is 11.8. The Morgan fingerprint density at radius 1 is 1.10 bits per heavy atom. The van der Waals surface area contributed by atoms with E-state index in [2.05, 4.69) is 52.6 Å². The number of rotatable bonds is 9. The third-order valence-electron chi connectivity index (χ3n) is 9.87. The lowest BCUT2D eigenvalue weighted by atomic mass is 9.80. The fourth-order valence-corrected chi connectivity index (χ4v) is 6.86. The molecule has 0 radical (unpaired) electrons. The van der Waals surface area contributed by atoms with E-state index >= 15 is 0 Å². The number of methoxy groups -OCH3 is 1. The number of nitrogens with zero attached hydrogens (tertiary/aromatic N) is 6. The van der Waals surface area contributed by atoms with Crippen LogP contribution in [-0.4, -0.2) is 61.0 Å². The number of aromatic nitrogens is 6. The Morgan fingerprint density at radius 3 is 2.52 bits per heavy atom. The van der Waals surface area contributed by atoms with E-state index in [1.807, 2.05) is 0 Å². The molecule has 3 aromatic heterocycles. The molecule has 11 nitrogen and oxygen atoms in total. The van der Waals surface area contributed by atoms with Crippen LogP contribution in [0, 0.1) is 17.8 Å². The van der Waals surface area contributed by atoms with Crippen molar-refractivity contribution in [3.63, 3.8) is 0 Å². The summed E-state index contributed by atoms with van der Waals surface area (Å²) in [7, 11) is 1.79. The maximum Gasteiger partial charge on any atom is 0.439 e. The molecule has 0 bridgehead atoms. The molecule has 218 valence electrons. The molecule has 2 atom stereocenters. The normalized spacial score (nSPS) is 24.9. The number of aromatic amines is 1. The quantitative estimate of drug-likeness (QED) is 0.377. The van der Waals surface area contributed by atoms with Gasteiger partial charge in [-0.25, -0.2) is 14.8 Å². The van der Waals surface area contributed by atoms with E-state index in [1.165, 1.54) is 44.9 Å². The Labute approximate surface area is 235 Å². The standard InChI is InChI=1S/C29H44N8O3/c1-17-11-13-19(14-12-17)16-37-22-23(30-18(2)20-8-6-9-20)31-25(26-34-28(38)40-35-26)32-24(22)33-27(37)36-15-7-10-21(36)29(3,4)39-5/h17-21H,6-16H2,1-5H3,(H,30,31,32)(H,34,35,38)/t17-,18-,19-,21?/m1/s1. The zero-order chi connectivity index (χ0) is 28.0. The molecule has 0 aromatic carbocycles. The number of H-pyrrole nitrogens is 1. The number of nitrogens with one attached hydrogen (secondary N) is 2. The van der Waals surface area contributed by atoms with Crippen LogP contribution in [0.4, 0.5) is 11.8 Å². The number of anilines is 2. The van der Waals surface area contributed by atoms with Gasteiger partial charge < -0.3 is 19.5 Å². The van der Waals surface area contributed by atoms with Crippen LogP contribution in [0.3, 0.4) is 0 Å². The summed E-state index contributed by atoms with van der Waals surface area (Å²) in [5.41, 5.74) is 1.21. The van der Waals surface area contributed by atoms with Gasteiger partial charge in [0.05, 0.1) is 11.6 Å². The van der Waals surface area contributed by atoms with Crippen molar-refractivity contribution >= 4 is 22.9 Å².